The molecule has 0 aromatic heterocycles. The van der Waals surface area contributed by atoms with E-state index in [4.69, 9.17) is 0 Å². The smallest absolute Gasteiger partial charge is 0.254 e. The van der Waals surface area contributed by atoms with Crippen molar-refractivity contribution in [3.05, 3.63) is 65.7 Å². The highest BCUT2D eigenvalue weighted by Gasteiger charge is 2.58. The Morgan fingerprint density at radius 3 is 2.54 bits per heavy atom. The van der Waals surface area contributed by atoms with Gasteiger partial charge in [-0.3, -0.25) is 4.79 Å². The fourth-order valence-corrected chi connectivity index (χ4v) is 6.66. The lowest BCUT2D eigenvalue weighted by Crippen LogP contribution is -2.67. The van der Waals surface area contributed by atoms with Crippen molar-refractivity contribution in [2.75, 3.05) is 26.2 Å². The van der Waals surface area contributed by atoms with Crippen LogP contribution >= 0.6 is 0 Å². The highest BCUT2D eigenvalue weighted by molar-refractivity contribution is 5.94. The predicted octanol–water partition coefficient (Wildman–Crippen LogP) is 4.83. The molecule has 2 saturated carbocycles. The van der Waals surface area contributed by atoms with E-state index in [-0.39, 0.29) is 17.7 Å². The Hall–Kier alpha value is -2.37. The van der Waals surface area contributed by atoms with Gasteiger partial charge in [-0.05, 0) is 86.7 Å². The number of amides is 1. The topological polar surface area (TPSA) is 64.0 Å². The van der Waals surface area contributed by atoms with E-state index in [1.54, 1.807) is 6.07 Å². The molecule has 5 nitrogen and oxygen atoms in total. The number of benzene rings is 2. The first-order valence-corrected chi connectivity index (χ1v) is 13.4. The maximum Gasteiger partial charge on any atom is 0.254 e. The van der Waals surface area contributed by atoms with Crippen molar-refractivity contribution in [1.29, 1.82) is 0 Å². The zero-order valence-electron chi connectivity index (χ0n) is 21.2. The number of likely N-dealkylation sites (tertiary alicyclic amines) is 1. The van der Waals surface area contributed by atoms with Crippen LogP contribution in [0, 0.1) is 11.8 Å². The number of carbonyl (C=O) groups is 1. The van der Waals surface area contributed by atoms with Gasteiger partial charge in [0.1, 0.15) is 5.75 Å². The van der Waals surface area contributed by atoms with E-state index in [1.807, 2.05) is 42.5 Å². The summed E-state index contributed by atoms with van der Waals surface area (Å²) < 4.78 is 0. The van der Waals surface area contributed by atoms with Gasteiger partial charge in [-0.1, -0.05) is 44.2 Å². The average molecular weight is 477 g/mol. The van der Waals surface area contributed by atoms with Crippen LogP contribution in [-0.4, -0.2) is 63.7 Å². The number of carbonyl (C=O) groups excluding carboxylic acids is 1. The van der Waals surface area contributed by atoms with Crippen LogP contribution in [0.3, 0.4) is 0 Å². The quantitative estimate of drug-likeness (QED) is 0.601. The van der Waals surface area contributed by atoms with E-state index in [0.29, 0.717) is 25.4 Å². The van der Waals surface area contributed by atoms with Gasteiger partial charge in [-0.25, -0.2) is 0 Å². The fraction of sp³-hybridized carbons (Fsp3) is 0.567. The van der Waals surface area contributed by atoms with Gasteiger partial charge in [0.2, 0.25) is 0 Å². The number of hydrogen-bond acceptors (Lipinski definition) is 4. The SMILES string of the molecule is CC(C)CN(C(=O)c1ccccc1)[C@@H]1CC[C@]2(O)CN(CC3CC3)CC[C@@]2(c2cccc(O)c2)C1. The lowest BCUT2D eigenvalue weighted by Gasteiger charge is -2.59. The summed E-state index contributed by atoms with van der Waals surface area (Å²) >= 11 is 0. The molecule has 1 heterocycles. The summed E-state index contributed by atoms with van der Waals surface area (Å²) in [5, 5.41) is 22.7. The van der Waals surface area contributed by atoms with Gasteiger partial charge >= 0.3 is 0 Å². The molecule has 2 aromatic carbocycles. The molecule has 5 rings (SSSR count). The largest absolute Gasteiger partial charge is 0.508 e. The lowest BCUT2D eigenvalue weighted by atomic mass is 9.55. The molecular formula is C30H40N2O3. The molecule has 0 spiro atoms. The van der Waals surface area contributed by atoms with Crippen LogP contribution in [0.2, 0.25) is 0 Å². The van der Waals surface area contributed by atoms with Crippen molar-refractivity contribution in [3.8, 4) is 5.75 Å². The van der Waals surface area contributed by atoms with Crippen LogP contribution < -0.4 is 0 Å². The number of phenols is 1. The van der Waals surface area contributed by atoms with E-state index < -0.39 is 11.0 Å². The van der Waals surface area contributed by atoms with Crippen LogP contribution in [0.15, 0.2) is 54.6 Å². The average Bonchev–Trinajstić information content (AvgIpc) is 3.66. The molecule has 35 heavy (non-hydrogen) atoms. The van der Waals surface area contributed by atoms with Crippen LogP contribution in [0.1, 0.15) is 68.3 Å². The van der Waals surface area contributed by atoms with Gasteiger partial charge in [0, 0.05) is 36.7 Å². The molecule has 188 valence electrons. The molecular weight excluding hydrogens is 436 g/mol. The number of nitrogens with zero attached hydrogens (tertiary/aromatic N) is 2. The predicted molar refractivity (Wildman–Crippen MR) is 138 cm³/mol. The molecule has 1 saturated heterocycles. The molecule has 2 aromatic rings. The molecule has 3 fully saturated rings. The van der Waals surface area contributed by atoms with Crippen molar-refractivity contribution in [1.82, 2.24) is 9.80 Å². The first-order valence-electron chi connectivity index (χ1n) is 13.4. The third-order valence-corrected chi connectivity index (χ3v) is 8.60. The van der Waals surface area contributed by atoms with Gasteiger partial charge < -0.3 is 20.0 Å². The fourth-order valence-electron chi connectivity index (χ4n) is 6.66. The number of hydrogen-bond donors (Lipinski definition) is 2. The minimum Gasteiger partial charge on any atom is -0.508 e. The summed E-state index contributed by atoms with van der Waals surface area (Å²) in [7, 11) is 0. The van der Waals surface area contributed by atoms with Crippen molar-refractivity contribution < 1.29 is 15.0 Å². The van der Waals surface area contributed by atoms with Crippen LogP contribution in [0.4, 0.5) is 0 Å². The van der Waals surface area contributed by atoms with Gasteiger partial charge in [0.05, 0.1) is 5.60 Å². The molecule has 2 aliphatic carbocycles. The Bertz CT molecular complexity index is 1040. The maximum absolute atomic E-state index is 13.7. The lowest BCUT2D eigenvalue weighted by molar-refractivity contribution is -0.133. The summed E-state index contributed by atoms with van der Waals surface area (Å²) in [5.41, 5.74) is 0.372. The Labute approximate surface area is 209 Å². The van der Waals surface area contributed by atoms with Crippen LogP contribution in [-0.2, 0) is 5.41 Å². The highest BCUT2D eigenvalue weighted by Crippen LogP contribution is 2.53. The third kappa shape index (κ3) is 4.85. The number of aliphatic hydroxyl groups is 1. The van der Waals surface area contributed by atoms with Crippen molar-refractivity contribution in [3.63, 3.8) is 0 Å². The second kappa shape index (κ2) is 9.59. The zero-order valence-corrected chi connectivity index (χ0v) is 21.2. The van der Waals surface area contributed by atoms with Crippen molar-refractivity contribution in [2.45, 2.75) is 69.4 Å². The first-order chi connectivity index (χ1) is 16.8. The second-order valence-corrected chi connectivity index (χ2v) is 11.7. The van der Waals surface area contributed by atoms with Crippen LogP contribution in [0.25, 0.3) is 0 Å². The van der Waals surface area contributed by atoms with Crippen molar-refractivity contribution >= 4 is 5.91 Å². The van der Waals surface area contributed by atoms with Crippen molar-refractivity contribution in [2.24, 2.45) is 11.8 Å². The standard InChI is InChI=1S/C30H40N2O3/c1-22(2)19-32(28(34)24-7-4-3-5-8-24)26-13-14-30(35)21-31(20-23-11-12-23)16-15-29(30,18-26)25-9-6-10-27(33)17-25/h3-10,17,22-23,26,33,35H,11-16,18-21H2,1-2H3/t26-,29+,30+/m1/s1. The Kier molecular flexibility index (Phi) is 6.67. The van der Waals surface area contributed by atoms with E-state index >= 15 is 0 Å². The second-order valence-electron chi connectivity index (χ2n) is 11.7. The summed E-state index contributed by atoms with van der Waals surface area (Å²) in [4.78, 5) is 18.2. The van der Waals surface area contributed by atoms with Gasteiger partial charge in [0.15, 0.2) is 0 Å². The summed E-state index contributed by atoms with van der Waals surface area (Å²) in [6.07, 6.45) is 5.62. The minimum absolute atomic E-state index is 0.0442. The number of phenolic OH excluding ortho intramolecular Hbond substituents is 1. The van der Waals surface area contributed by atoms with E-state index in [1.165, 1.54) is 12.8 Å². The Morgan fingerprint density at radius 1 is 1.09 bits per heavy atom. The highest BCUT2D eigenvalue weighted by atomic mass is 16.3. The third-order valence-electron chi connectivity index (χ3n) is 8.60. The summed E-state index contributed by atoms with van der Waals surface area (Å²) in [6.45, 7) is 7.70. The maximum atomic E-state index is 13.7. The van der Waals surface area contributed by atoms with E-state index in [2.05, 4.69) is 29.7 Å². The molecule has 1 aliphatic heterocycles. The molecule has 0 unspecified atom stereocenters. The summed E-state index contributed by atoms with van der Waals surface area (Å²) in [5.74, 6) is 1.45. The molecule has 0 radical (unpaired) electrons. The summed E-state index contributed by atoms with van der Waals surface area (Å²) in [6, 6.07) is 17.1. The zero-order chi connectivity index (χ0) is 24.6. The number of fused-ring (bicyclic) bond motifs is 1. The Balaban J connectivity index is 1.49. The minimum atomic E-state index is -0.871. The normalized spacial score (nSPS) is 29.1. The Morgan fingerprint density at radius 2 is 1.86 bits per heavy atom. The number of piperidine rings is 1. The number of rotatable bonds is 7. The number of β-amino-alcohol motifs (C(OH)–C–C–N with tert-alkyl or cyclic N) is 1. The molecule has 1 amide bonds. The monoisotopic (exact) mass is 476 g/mol. The number of aromatic hydroxyl groups is 1. The molecule has 3 aliphatic rings. The van der Waals surface area contributed by atoms with Crippen LogP contribution in [0.5, 0.6) is 5.75 Å². The molecule has 2 N–H and O–H groups in total. The van der Waals surface area contributed by atoms with E-state index in [9.17, 15) is 15.0 Å². The molecule has 5 heteroatoms. The van der Waals surface area contributed by atoms with E-state index in [0.717, 1.165) is 49.4 Å². The van der Waals surface area contributed by atoms with Gasteiger partial charge in [0.25, 0.3) is 5.91 Å². The molecule has 3 atom stereocenters. The van der Waals surface area contributed by atoms with Gasteiger partial charge in [-0.2, -0.15) is 0 Å². The first kappa shape index (κ1) is 24.3. The van der Waals surface area contributed by atoms with Gasteiger partial charge in [-0.15, -0.1) is 0 Å². The molecule has 0 bridgehead atoms.